The number of carbonyl (C=O) groups is 1. The summed E-state index contributed by atoms with van der Waals surface area (Å²) in [6, 6.07) is 9.88. The van der Waals surface area contributed by atoms with Crippen molar-refractivity contribution in [2.24, 2.45) is 17.6 Å². The number of ether oxygens (including phenoxy) is 2. The van der Waals surface area contributed by atoms with Crippen LogP contribution in [0.4, 0.5) is 0 Å². The number of hydrogen-bond donors (Lipinski definition) is 1. The van der Waals surface area contributed by atoms with Crippen molar-refractivity contribution < 1.29 is 14.3 Å². The van der Waals surface area contributed by atoms with E-state index in [1.54, 1.807) is 14.2 Å². The minimum atomic E-state index is -0.0233. The van der Waals surface area contributed by atoms with E-state index in [1.807, 2.05) is 30.0 Å². The monoisotopic (exact) mass is 544 g/mol. The quantitative estimate of drug-likeness (QED) is 0.315. The highest BCUT2D eigenvalue weighted by atomic mass is 16.5. The summed E-state index contributed by atoms with van der Waals surface area (Å²) in [6.45, 7) is 8.67. The van der Waals surface area contributed by atoms with Crippen molar-refractivity contribution in [3.05, 3.63) is 35.9 Å². The molecular weight excluding hydrogens is 504 g/mol. The molecule has 1 aromatic carbocycles. The van der Waals surface area contributed by atoms with E-state index < -0.39 is 0 Å². The summed E-state index contributed by atoms with van der Waals surface area (Å²) < 4.78 is 15.9. The predicted molar refractivity (Wildman–Crippen MR) is 157 cm³/mol. The average Bonchev–Trinajstić information content (AvgIpc) is 3.53. The van der Waals surface area contributed by atoms with Crippen LogP contribution in [0.1, 0.15) is 56.8 Å². The van der Waals surface area contributed by atoms with Gasteiger partial charge in [0.05, 0.1) is 25.4 Å². The number of carbonyl (C=O) groups excluding carboxylic acids is 1. The minimum absolute atomic E-state index is 0.0180. The molecule has 1 aliphatic carbocycles. The zero-order valence-electron chi connectivity index (χ0n) is 24.2. The molecule has 6 rings (SSSR count). The topological polar surface area (TPSA) is 100 Å². The van der Waals surface area contributed by atoms with Gasteiger partial charge in [0.15, 0.2) is 5.82 Å². The van der Waals surface area contributed by atoms with Gasteiger partial charge in [-0.05, 0) is 62.3 Å². The summed E-state index contributed by atoms with van der Waals surface area (Å²) in [6.07, 6.45) is 4.34. The zero-order valence-corrected chi connectivity index (χ0v) is 24.2. The number of nitrogens with zero attached hydrogens (tertiary/aromatic N) is 5. The van der Waals surface area contributed by atoms with Crippen LogP contribution in [0.25, 0.3) is 33.6 Å². The number of hydrogen-bond acceptors (Lipinski definition) is 6. The summed E-state index contributed by atoms with van der Waals surface area (Å²) >= 11 is 0. The highest BCUT2D eigenvalue weighted by molar-refractivity contribution is 6.00. The molecule has 0 spiro atoms. The second kappa shape index (κ2) is 10.4. The van der Waals surface area contributed by atoms with Crippen LogP contribution >= 0.6 is 0 Å². The minimum Gasteiger partial charge on any atom is -0.494 e. The Morgan fingerprint density at radius 3 is 2.52 bits per heavy atom. The van der Waals surface area contributed by atoms with E-state index in [4.69, 9.17) is 25.2 Å². The number of aryl methyl sites for hydroxylation is 1. The molecule has 40 heavy (non-hydrogen) atoms. The number of pyridine rings is 1. The number of aromatic nitrogens is 4. The van der Waals surface area contributed by atoms with Crippen molar-refractivity contribution in [2.45, 2.75) is 71.6 Å². The highest BCUT2D eigenvalue weighted by Crippen LogP contribution is 2.39. The largest absolute Gasteiger partial charge is 0.494 e. The SMILES string of the molecule is CCCn1c(-c2cc3ccc(OC)nc3n2CC2CC2)nc2cc(C(=O)N3CC(CC)C(N)C3C)cc(OC)c21. The predicted octanol–water partition coefficient (Wildman–Crippen LogP) is 5.09. The van der Waals surface area contributed by atoms with Crippen LogP contribution in [0, 0.1) is 11.8 Å². The molecule has 2 N–H and O–H groups in total. The molecule has 9 heteroatoms. The summed E-state index contributed by atoms with van der Waals surface area (Å²) in [5, 5.41) is 1.05. The van der Waals surface area contributed by atoms with E-state index in [9.17, 15) is 4.79 Å². The molecule has 1 saturated heterocycles. The van der Waals surface area contributed by atoms with Crippen molar-refractivity contribution in [1.82, 2.24) is 24.0 Å². The summed E-state index contributed by atoms with van der Waals surface area (Å²) in [5.74, 6) is 3.04. The van der Waals surface area contributed by atoms with Crippen LogP contribution < -0.4 is 15.2 Å². The number of likely N-dealkylation sites (tertiary alicyclic amines) is 1. The Morgan fingerprint density at radius 1 is 1.07 bits per heavy atom. The van der Waals surface area contributed by atoms with Gasteiger partial charge < -0.3 is 29.2 Å². The van der Waals surface area contributed by atoms with Gasteiger partial charge in [-0.2, -0.15) is 4.98 Å². The molecule has 3 aromatic heterocycles. The Kier molecular flexibility index (Phi) is 6.94. The van der Waals surface area contributed by atoms with Gasteiger partial charge in [-0.15, -0.1) is 0 Å². The molecule has 1 aliphatic heterocycles. The van der Waals surface area contributed by atoms with Gasteiger partial charge in [-0.25, -0.2) is 4.98 Å². The fourth-order valence-electron chi connectivity index (χ4n) is 6.28. The van der Waals surface area contributed by atoms with Crippen molar-refractivity contribution in [3.63, 3.8) is 0 Å². The van der Waals surface area contributed by atoms with Crippen LogP contribution in [0.15, 0.2) is 30.3 Å². The van der Waals surface area contributed by atoms with Crippen LogP contribution in [-0.2, 0) is 13.1 Å². The fraction of sp³-hybridized carbons (Fsp3) is 0.516. The first-order valence-electron chi connectivity index (χ1n) is 14.6. The van der Waals surface area contributed by atoms with Crippen molar-refractivity contribution in [1.29, 1.82) is 0 Å². The summed E-state index contributed by atoms with van der Waals surface area (Å²) in [7, 11) is 3.31. The first kappa shape index (κ1) is 26.6. The van der Waals surface area contributed by atoms with Crippen molar-refractivity contribution in [2.75, 3.05) is 20.8 Å². The third-order valence-corrected chi connectivity index (χ3v) is 8.82. The van der Waals surface area contributed by atoms with Gasteiger partial charge in [0.1, 0.15) is 16.9 Å². The van der Waals surface area contributed by atoms with Crippen LogP contribution in [0.2, 0.25) is 0 Å². The van der Waals surface area contributed by atoms with E-state index in [-0.39, 0.29) is 18.0 Å². The van der Waals surface area contributed by atoms with Crippen LogP contribution in [0.3, 0.4) is 0 Å². The van der Waals surface area contributed by atoms with Gasteiger partial charge in [0.25, 0.3) is 5.91 Å². The van der Waals surface area contributed by atoms with E-state index in [1.165, 1.54) is 12.8 Å². The van der Waals surface area contributed by atoms with Gasteiger partial charge in [0, 0.05) is 48.7 Å². The Bertz CT molecular complexity index is 1570. The van der Waals surface area contributed by atoms with Crippen LogP contribution in [-0.4, -0.2) is 62.8 Å². The first-order valence-corrected chi connectivity index (χ1v) is 14.6. The molecule has 1 saturated carbocycles. The molecule has 3 atom stereocenters. The summed E-state index contributed by atoms with van der Waals surface area (Å²) in [5.41, 5.74) is 10.6. The molecular formula is C31H40N6O3. The number of methoxy groups -OCH3 is 2. The third kappa shape index (κ3) is 4.40. The average molecular weight is 545 g/mol. The Labute approximate surface area is 235 Å². The molecule has 1 amide bonds. The molecule has 212 valence electrons. The lowest BCUT2D eigenvalue weighted by molar-refractivity contribution is 0.0739. The van der Waals surface area contributed by atoms with E-state index >= 15 is 0 Å². The zero-order chi connectivity index (χ0) is 28.1. The molecule has 0 radical (unpaired) electrons. The first-order chi connectivity index (χ1) is 19.4. The number of imidazole rings is 1. The molecule has 4 heterocycles. The maximum Gasteiger partial charge on any atom is 0.254 e. The van der Waals surface area contributed by atoms with E-state index in [0.717, 1.165) is 59.5 Å². The van der Waals surface area contributed by atoms with Gasteiger partial charge >= 0.3 is 0 Å². The second-order valence-corrected chi connectivity index (χ2v) is 11.4. The lowest BCUT2D eigenvalue weighted by Crippen LogP contribution is -2.41. The number of amides is 1. The molecule has 2 aliphatic rings. The molecule has 9 nitrogen and oxygen atoms in total. The number of benzene rings is 1. The maximum absolute atomic E-state index is 13.8. The van der Waals surface area contributed by atoms with Crippen molar-refractivity contribution >= 4 is 28.0 Å². The van der Waals surface area contributed by atoms with Gasteiger partial charge in [0.2, 0.25) is 5.88 Å². The van der Waals surface area contributed by atoms with Gasteiger partial charge in [-0.3, -0.25) is 4.79 Å². The Hall–Kier alpha value is -3.59. The van der Waals surface area contributed by atoms with Gasteiger partial charge in [-0.1, -0.05) is 20.3 Å². The Balaban J connectivity index is 1.50. The maximum atomic E-state index is 13.8. The van der Waals surface area contributed by atoms with E-state index in [0.29, 0.717) is 35.6 Å². The van der Waals surface area contributed by atoms with Crippen LogP contribution in [0.5, 0.6) is 11.6 Å². The van der Waals surface area contributed by atoms with E-state index in [2.05, 4.69) is 35.1 Å². The highest BCUT2D eigenvalue weighted by Gasteiger charge is 2.39. The lowest BCUT2D eigenvalue weighted by atomic mass is 9.98. The smallest absolute Gasteiger partial charge is 0.254 e. The number of rotatable bonds is 9. The molecule has 2 fully saturated rings. The third-order valence-electron chi connectivity index (χ3n) is 8.82. The second-order valence-electron chi connectivity index (χ2n) is 11.4. The molecule has 3 unspecified atom stereocenters. The number of nitrogens with two attached hydrogens (primary N) is 1. The fourth-order valence-corrected chi connectivity index (χ4v) is 6.28. The lowest BCUT2D eigenvalue weighted by Gasteiger charge is -2.23. The standard InChI is InChI=1S/C31H40N6O3/c1-6-12-35-28-23(13-22(15-25(28)39-4)31(38)36-17-20(7-2)27(32)18(36)3)33-30(35)24-14-21-10-11-26(40-5)34-29(21)37(24)16-19-8-9-19/h10-11,13-15,18-20,27H,6-9,12,16-17,32H2,1-5H3. The molecule has 4 aromatic rings. The Morgan fingerprint density at radius 2 is 1.88 bits per heavy atom. The summed E-state index contributed by atoms with van der Waals surface area (Å²) in [4.78, 5) is 25.7. The number of fused-ring (bicyclic) bond motifs is 2. The molecule has 0 bridgehead atoms. The normalized spacial score (nSPS) is 21.1. The van der Waals surface area contributed by atoms with Crippen molar-refractivity contribution in [3.8, 4) is 23.1 Å².